The topological polar surface area (TPSA) is 62.4 Å². The maximum atomic E-state index is 8.80. The van der Waals surface area contributed by atoms with Crippen LogP contribution in [0.3, 0.4) is 0 Å². The monoisotopic (exact) mass is 265 g/mol. The number of nitrogens with zero attached hydrogens (tertiary/aromatic N) is 2. The summed E-state index contributed by atoms with van der Waals surface area (Å²) in [4.78, 5) is 6.74. The Kier molecular flexibility index (Phi) is 7.63. The van der Waals surface area contributed by atoms with Crippen molar-refractivity contribution in [3.8, 4) is 0 Å². The molecule has 0 amide bonds. The molecule has 0 aliphatic rings. The lowest BCUT2D eigenvalue weighted by atomic mass is 10.0. The van der Waals surface area contributed by atoms with Crippen molar-refractivity contribution < 1.29 is 5.11 Å². The van der Waals surface area contributed by atoms with Crippen LogP contribution >= 0.6 is 0 Å². The first-order valence-electron chi connectivity index (χ1n) is 7.18. The van der Waals surface area contributed by atoms with Crippen LogP contribution in [-0.4, -0.2) is 41.2 Å². The van der Waals surface area contributed by atoms with Gasteiger partial charge in [0, 0.05) is 18.8 Å². The summed E-state index contributed by atoms with van der Waals surface area (Å²) in [5.41, 5.74) is 7.30. The smallest absolute Gasteiger partial charge is 0.0671 e. The van der Waals surface area contributed by atoms with Crippen molar-refractivity contribution in [3.05, 3.63) is 30.1 Å². The number of unbranched alkanes of at least 4 members (excludes halogenated alkanes) is 2. The number of likely N-dealkylation sites (N-methyl/N-ethyl adjacent to an activating group) is 1. The largest absolute Gasteiger partial charge is 0.396 e. The first-order chi connectivity index (χ1) is 9.20. The van der Waals surface area contributed by atoms with E-state index in [2.05, 4.69) is 23.9 Å². The minimum Gasteiger partial charge on any atom is -0.396 e. The van der Waals surface area contributed by atoms with Gasteiger partial charge in [-0.3, -0.25) is 9.88 Å². The van der Waals surface area contributed by atoms with Crippen LogP contribution in [0.1, 0.15) is 44.3 Å². The Morgan fingerprint density at radius 1 is 1.32 bits per heavy atom. The van der Waals surface area contributed by atoms with E-state index in [0.29, 0.717) is 0 Å². The molecule has 1 rings (SSSR count). The predicted molar refractivity (Wildman–Crippen MR) is 78.8 cm³/mol. The quantitative estimate of drug-likeness (QED) is 0.670. The summed E-state index contributed by atoms with van der Waals surface area (Å²) in [6.07, 6.45) is 5.77. The van der Waals surface area contributed by atoms with Crippen molar-refractivity contribution >= 4 is 0 Å². The first-order valence-corrected chi connectivity index (χ1v) is 7.18. The number of nitrogens with two attached hydrogens (primary N) is 1. The molecule has 0 bridgehead atoms. The summed E-state index contributed by atoms with van der Waals surface area (Å²) in [7, 11) is 2.10. The zero-order valence-corrected chi connectivity index (χ0v) is 12.1. The van der Waals surface area contributed by atoms with Gasteiger partial charge < -0.3 is 10.8 Å². The summed E-state index contributed by atoms with van der Waals surface area (Å²) in [6, 6.07) is 6.25. The van der Waals surface area contributed by atoms with Crippen molar-refractivity contribution in [2.75, 3.05) is 20.2 Å². The molecule has 0 radical (unpaired) electrons. The van der Waals surface area contributed by atoms with Gasteiger partial charge in [-0.1, -0.05) is 13.0 Å². The number of aliphatic hydroxyl groups excluding tert-OH is 1. The fourth-order valence-electron chi connectivity index (χ4n) is 2.34. The van der Waals surface area contributed by atoms with Crippen molar-refractivity contribution in [2.24, 2.45) is 5.73 Å². The van der Waals surface area contributed by atoms with Crippen molar-refractivity contribution in [3.63, 3.8) is 0 Å². The molecule has 1 aromatic heterocycles. The number of aliphatic hydroxyl groups is 1. The highest BCUT2D eigenvalue weighted by Gasteiger charge is 2.23. The summed E-state index contributed by atoms with van der Waals surface area (Å²) < 4.78 is 0. The third-order valence-electron chi connectivity index (χ3n) is 3.51. The molecular weight excluding hydrogens is 238 g/mol. The van der Waals surface area contributed by atoms with Gasteiger partial charge in [-0.05, 0) is 51.4 Å². The van der Waals surface area contributed by atoms with Crippen LogP contribution < -0.4 is 5.73 Å². The van der Waals surface area contributed by atoms with E-state index in [4.69, 9.17) is 10.8 Å². The second kappa shape index (κ2) is 9.02. The number of rotatable bonds is 9. The highest BCUT2D eigenvalue weighted by Crippen LogP contribution is 2.22. The van der Waals surface area contributed by atoms with E-state index in [9.17, 15) is 0 Å². The molecule has 2 unspecified atom stereocenters. The Bertz CT molecular complexity index is 331. The normalized spacial score (nSPS) is 14.6. The van der Waals surface area contributed by atoms with Crippen LogP contribution in [0.2, 0.25) is 0 Å². The molecule has 0 saturated carbocycles. The van der Waals surface area contributed by atoms with Crippen molar-refractivity contribution in [1.29, 1.82) is 0 Å². The molecule has 0 fully saturated rings. The van der Waals surface area contributed by atoms with Gasteiger partial charge in [0.1, 0.15) is 0 Å². The lowest BCUT2D eigenvalue weighted by Crippen LogP contribution is -2.39. The van der Waals surface area contributed by atoms with Gasteiger partial charge >= 0.3 is 0 Å². The fraction of sp³-hybridized carbons (Fsp3) is 0.667. The minimum absolute atomic E-state index is 0.0951. The lowest BCUT2D eigenvalue weighted by Gasteiger charge is -2.32. The zero-order valence-electron chi connectivity index (χ0n) is 12.1. The Balaban J connectivity index is 2.64. The van der Waals surface area contributed by atoms with Gasteiger partial charge in [0.2, 0.25) is 0 Å². The molecule has 0 aliphatic heterocycles. The lowest BCUT2D eigenvalue weighted by molar-refractivity contribution is 0.198. The fourth-order valence-corrected chi connectivity index (χ4v) is 2.34. The standard InChI is InChI=1S/C15H27N3O/c1-3-13(16)15(14-9-5-6-10-17-14)18(2)11-7-4-8-12-19/h5-6,9-10,13,15,19H,3-4,7-8,11-12,16H2,1-2H3. The van der Waals surface area contributed by atoms with E-state index in [1.807, 2.05) is 24.4 Å². The van der Waals surface area contributed by atoms with E-state index in [-0.39, 0.29) is 18.7 Å². The van der Waals surface area contributed by atoms with Gasteiger partial charge in [0.05, 0.1) is 11.7 Å². The van der Waals surface area contributed by atoms with Crippen LogP contribution in [-0.2, 0) is 0 Å². The molecular formula is C15H27N3O. The van der Waals surface area contributed by atoms with Gasteiger partial charge in [-0.2, -0.15) is 0 Å². The van der Waals surface area contributed by atoms with Crippen molar-refractivity contribution in [1.82, 2.24) is 9.88 Å². The molecule has 3 N–H and O–H groups in total. The second-order valence-electron chi connectivity index (χ2n) is 5.04. The number of hydrogen-bond donors (Lipinski definition) is 2. The summed E-state index contributed by atoms with van der Waals surface area (Å²) in [5, 5.41) is 8.80. The minimum atomic E-state index is 0.0951. The van der Waals surface area contributed by atoms with E-state index in [1.165, 1.54) is 0 Å². The van der Waals surface area contributed by atoms with E-state index < -0.39 is 0 Å². The molecule has 1 aromatic rings. The van der Waals surface area contributed by atoms with Crippen LogP contribution in [0.25, 0.3) is 0 Å². The Hall–Kier alpha value is -0.970. The molecule has 0 saturated heterocycles. The highest BCUT2D eigenvalue weighted by molar-refractivity contribution is 5.11. The molecule has 1 heterocycles. The maximum Gasteiger partial charge on any atom is 0.0671 e. The SMILES string of the molecule is CCC(N)C(c1ccccn1)N(C)CCCCCO. The summed E-state index contributed by atoms with van der Waals surface area (Å²) in [6.45, 7) is 3.37. The molecule has 0 aromatic carbocycles. The molecule has 2 atom stereocenters. The number of hydrogen-bond acceptors (Lipinski definition) is 4. The van der Waals surface area contributed by atoms with Crippen LogP contribution in [0.4, 0.5) is 0 Å². The van der Waals surface area contributed by atoms with Crippen molar-refractivity contribution in [2.45, 2.75) is 44.7 Å². The maximum absolute atomic E-state index is 8.80. The Morgan fingerprint density at radius 3 is 2.68 bits per heavy atom. The molecule has 0 spiro atoms. The number of pyridine rings is 1. The Labute approximate surface area is 116 Å². The first kappa shape index (κ1) is 16.1. The predicted octanol–water partition coefficient (Wildman–Crippen LogP) is 1.95. The van der Waals surface area contributed by atoms with Gasteiger partial charge in [0.15, 0.2) is 0 Å². The van der Waals surface area contributed by atoms with E-state index >= 15 is 0 Å². The molecule has 4 nitrogen and oxygen atoms in total. The average molecular weight is 265 g/mol. The van der Waals surface area contributed by atoms with Gasteiger partial charge in [0.25, 0.3) is 0 Å². The molecule has 108 valence electrons. The van der Waals surface area contributed by atoms with Gasteiger partial charge in [-0.25, -0.2) is 0 Å². The summed E-state index contributed by atoms with van der Waals surface area (Å²) in [5.74, 6) is 0. The third kappa shape index (κ3) is 5.27. The summed E-state index contributed by atoms with van der Waals surface area (Å²) >= 11 is 0. The number of aromatic nitrogens is 1. The zero-order chi connectivity index (χ0) is 14.1. The van der Waals surface area contributed by atoms with E-state index in [0.717, 1.165) is 37.9 Å². The van der Waals surface area contributed by atoms with Gasteiger partial charge in [-0.15, -0.1) is 0 Å². The Morgan fingerprint density at radius 2 is 2.11 bits per heavy atom. The van der Waals surface area contributed by atoms with E-state index in [1.54, 1.807) is 0 Å². The van der Waals surface area contributed by atoms with Crippen LogP contribution in [0, 0.1) is 0 Å². The van der Waals surface area contributed by atoms with Crippen LogP contribution in [0.15, 0.2) is 24.4 Å². The molecule has 0 aliphatic carbocycles. The third-order valence-corrected chi connectivity index (χ3v) is 3.51. The highest BCUT2D eigenvalue weighted by atomic mass is 16.2. The second-order valence-corrected chi connectivity index (χ2v) is 5.04. The average Bonchev–Trinajstić information content (AvgIpc) is 2.45. The molecule has 19 heavy (non-hydrogen) atoms. The van der Waals surface area contributed by atoms with Crippen LogP contribution in [0.5, 0.6) is 0 Å². The molecule has 4 heteroatoms.